The van der Waals surface area contributed by atoms with Crippen LogP contribution in [0, 0.1) is 0 Å². The summed E-state index contributed by atoms with van der Waals surface area (Å²) in [5, 5.41) is 10.5. The second-order valence-electron chi connectivity index (χ2n) is 8.42. The fourth-order valence-corrected chi connectivity index (χ4v) is 4.40. The number of esters is 1. The molecule has 16 heteroatoms. The maximum Gasteiger partial charge on any atom is 0.693 e. The number of alkyl halides is 3. The molecule has 208 valence electrons. The first-order valence-electron chi connectivity index (χ1n) is 11.3. The van der Waals surface area contributed by atoms with Crippen LogP contribution in [0.3, 0.4) is 0 Å². The number of H-pyrrole nitrogens is 1. The summed E-state index contributed by atoms with van der Waals surface area (Å²) in [6.07, 6.45) is -5.74. The highest BCUT2D eigenvalue weighted by molar-refractivity contribution is 7.36. The van der Waals surface area contributed by atoms with Crippen LogP contribution in [0.25, 0.3) is 0 Å². The number of hydrogen-bond donors (Lipinski definition) is 2. The number of aromatic amines is 1. The zero-order chi connectivity index (χ0) is 28.0. The number of ether oxygens (including phenoxy) is 2. The van der Waals surface area contributed by atoms with Gasteiger partial charge in [0.05, 0.1) is 4.83 Å². The van der Waals surface area contributed by atoms with Gasteiger partial charge < -0.3 is 14.6 Å². The Bertz CT molecular complexity index is 1230. The molecule has 1 fully saturated rings. The SMILES string of the molecule is C[C@@H](C(=O)OC(CF)CF)N(OC[C@H]1O[C@@H](n2ccc(=O)[nH]c2=O)[C@](C)(F)[C@@H]1O)[P+](=O)Oc1ccccc1. The molecule has 3 rings (SSSR count). The molecule has 1 aromatic heterocycles. The Morgan fingerprint density at radius 2 is 1.92 bits per heavy atom. The van der Waals surface area contributed by atoms with Crippen LogP contribution in [-0.4, -0.2) is 75.4 Å². The number of aliphatic hydroxyl groups is 1. The lowest BCUT2D eigenvalue weighted by atomic mass is 9.98. The molecule has 0 saturated carbocycles. The van der Waals surface area contributed by atoms with E-state index in [0.29, 0.717) is 4.83 Å². The molecule has 0 aliphatic carbocycles. The molecule has 0 spiro atoms. The molecule has 1 aliphatic rings. The van der Waals surface area contributed by atoms with E-state index in [1.54, 1.807) is 18.2 Å². The van der Waals surface area contributed by atoms with Crippen LogP contribution in [0.5, 0.6) is 5.75 Å². The number of hydroxylamine groups is 1. The van der Waals surface area contributed by atoms with Crippen molar-refractivity contribution in [1.29, 1.82) is 0 Å². The predicted molar refractivity (Wildman–Crippen MR) is 125 cm³/mol. The maximum absolute atomic E-state index is 15.4. The predicted octanol–water partition coefficient (Wildman–Crippen LogP) is 1.73. The van der Waals surface area contributed by atoms with Crippen molar-refractivity contribution in [3.63, 3.8) is 0 Å². The first-order chi connectivity index (χ1) is 18.0. The smallest absolute Gasteiger partial charge is 0.455 e. The number of aliphatic hydroxyl groups excluding tert-OH is 1. The first kappa shape index (κ1) is 29.5. The van der Waals surface area contributed by atoms with Crippen molar-refractivity contribution in [1.82, 2.24) is 14.4 Å². The number of nitrogens with one attached hydrogen (secondary N) is 1. The van der Waals surface area contributed by atoms with E-state index in [0.717, 1.165) is 30.7 Å². The van der Waals surface area contributed by atoms with Crippen molar-refractivity contribution >= 4 is 14.1 Å². The van der Waals surface area contributed by atoms with E-state index < -0.39 is 81.6 Å². The molecule has 1 saturated heterocycles. The lowest BCUT2D eigenvalue weighted by Gasteiger charge is -2.24. The Labute approximate surface area is 214 Å². The minimum absolute atomic E-state index is 0.124. The van der Waals surface area contributed by atoms with Gasteiger partial charge in [-0.2, -0.15) is 0 Å². The Kier molecular flexibility index (Phi) is 9.79. The van der Waals surface area contributed by atoms with E-state index in [1.807, 2.05) is 4.98 Å². The van der Waals surface area contributed by atoms with E-state index in [9.17, 15) is 32.8 Å². The third-order valence-electron chi connectivity index (χ3n) is 5.58. The fraction of sp³-hybridized carbons (Fsp3) is 0.500. The topological polar surface area (TPSA) is 149 Å². The number of benzene rings is 1. The molecular weight excluding hydrogens is 538 g/mol. The van der Waals surface area contributed by atoms with Gasteiger partial charge in [0.25, 0.3) is 5.56 Å². The standard InChI is InChI=1S/C22H25F3N3O9P/c1-13(19(31)35-15(10-23)11-24)28(38(33)37-14-6-4-3-5-7-14)34-12-16-18(30)22(2,25)20(36-16)27-9-8-17(29)26-21(27)32/h3-9,13,15-16,18,20,30H,10-12H2,1-2H3/p+1/t13-,16+,18+,20+,22+/m0/s1. The molecule has 38 heavy (non-hydrogen) atoms. The number of para-hydroxylation sites is 1. The number of nitrogens with zero attached hydrogens (tertiary/aromatic N) is 2. The molecule has 1 unspecified atom stereocenters. The Morgan fingerprint density at radius 1 is 1.26 bits per heavy atom. The molecule has 2 aromatic rings. The lowest BCUT2D eigenvalue weighted by Crippen LogP contribution is -2.44. The van der Waals surface area contributed by atoms with Crippen LogP contribution in [0.2, 0.25) is 0 Å². The molecule has 1 aliphatic heterocycles. The molecule has 2 heterocycles. The van der Waals surface area contributed by atoms with Crippen molar-refractivity contribution in [3.8, 4) is 5.75 Å². The zero-order valence-corrected chi connectivity index (χ0v) is 21.1. The van der Waals surface area contributed by atoms with Crippen molar-refractivity contribution in [2.45, 2.75) is 50.1 Å². The Hall–Kier alpha value is -3.10. The van der Waals surface area contributed by atoms with Gasteiger partial charge in [0, 0.05) is 16.8 Å². The molecule has 12 nitrogen and oxygen atoms in total. The molecule has 1 aromatic carbocycles. The second-order valence-corrected chi connectivity index (χ2v) is 9.48. The van der Waals surface area contributed by atoms with Crippen LogP contribution < -0.4 is 15.8 Å². The van der Waals surface area contributed by atoms with Crippen molar-refractivity contribution < 1.29 is 46.5 Å². The van der Waals surface area contributed by atoms with Crippen molar-refractivity contribution in [2.75, 3.05) is 20.0 Å². The third-order valence-corrected chi connectivity index (χ3v) is 6.73. The van der Waals surface area contributed by atoms with E-state index in [1.165, 1.54) is 12.1 Å². The van der Waals surface area contributed by atoms with Crippen molar-refractivity contribution in [2.24, 2.45) is 0 Å². The number of aromatic nitrogens is 2. The fourth-order valence-electron chi connectivity index (χ4n) is 3.48. The molecule has 2 N–H and O–H groups in total. The number of halogens is 3. The average Bonchev–Trinajstić information content (AvgIpc) is 3.11. The Morgan fingerprint density at radius 3 is 2.53 bits per heavy atom. The van der Waals surface area contributed by atoms with Gasteiger partial charge in [-0.1, -0.05) is 18.2 Å². The van der Waals surface area contributed by atoms with E-state index >= 15 is 4.39 Å². The Balaban J connectivity index is 1.80. The van der Waals surface area contributed by atoms with Gasteiger partial charge in [-0.15, -0.1) is 0 Å². The van der Waals surface area contributed by atoms with E-state index in [2.05, 4.69) is 0 Å². The van der Waals surface area contributed by atoms with Gasteiger partial charge >= 0.3 is 19.8 Å². The van der Waals surface area contributed by atoms with Gasteiger partial charge in [0.1, 0.15) is 32.2 Å². The first-order valence-corrected chi connectivity index (χ1v) is 12.4. The van der Waals surface area contributed by atoms with E-state index in [4.69, 9.17) is 18.8 Å². The van der Waals surface area contributed by atoms with Crippen molar-refractivity contribution in [3.05, 3.63) is 63.4 Å². The van der Waals surface area contributed by atoms with Crippen LogP contribution in [0.4, 0.5) is 13.2 Å². The van der Waals surface area contributed by atoms with Gasteiger partial charge in [-0.05, 0) is 26.0 Å². The minimum Gasteiger partial charge on any atom is -0.455 e. The highest BCUT2D eigenvalue weighted by atomic mass is 31.1. The quantitative estimate of drug-likeness (QED) is 0.222. The summed E-state index contributed by atoms with van der Waals surface area (Å²) in [7, 11) is -3.00. The molecule has 0 bridgehead atoms. The summed E-state index contributed by atoms with van der Waals surface area (Å²) in [5.41, 5.74) is -4.27. The normalized spacial score (nSPS) is 24.4. The van der Waals surface area contributed by atoms with Gasteiger partial charge in [0.15, 0.2) is 29.8 Å². The van der Waals surface area contributed by atoms with Gasteiger partial charge in [-0.25, -0.2) is 22.5 Å². The highest BCUT2D eigenvalue weighted by Crippen LogP contribution is 2.41. The monoisotopic (exact) mass is 564 g/mol. The van der Waals surface area contributed by atoms with Gasteiger partial charge in [-0.3, -0.25) is 24.0 Å². The number of carbonyl (C=O) groups excluding carboxylic acids is 1. The molecule has 0 amide bonds. The summed E-state index contributed by atoms with van der Waals surface area (Å²) >= 11 is 0. The minimum atomic E-state index is -3.00. The van der Waals surface area contributed by atoms with Crippen LogP contribution in [0.1, 0.15) is 20.1 Å². The summed E-state index contributed by atoms with van der Waals surface area (Å²) in [5.74, 6) is -1.08. The van der Waals surface area contributed by atoms with Gasteiger partial charge in [0.2, 0.25) is 0 Å². The summed E-state index contributed by atoms with van der Waals surface area (Å²) in [4.78, 5) is 43.9. The number of carbonyl (C=O) groups is 1. The number of rotatable bonds is 12. The summed E-state index contributed by atoms with van der Waals surface area (Å²) in [6, 6.07) is 7.16. The summed E-state index contributed by atoms with van der Waals surface area (Å²) < 4.78 is 70.4. The van der Waals surface area contributed by atoms with Crippen LogP contribution >= 0.6 is 8.18 Å². The highest BCUT2D eigenvalue weighted by Gasteiger charge is 2.56. The largest absolute Gasteiger partial charge is 0.693 e. The molecule has 6 atom stereocenters. The number of hydrogen-bond acceptors (Lipinski definition) is 9. The van der Waals surface area contributed by atoms with Crippen LogP contribution in [-0.2, 0) is 23.7 Å². The zero-order valence-electron chi connectivity index (χ0n) is 20.2. The van der Waals surface area contributed by atoms with Crippen LogP contribution in [0.15, 0.2) is 52.2 Å². The second kappa shape index (κ2) is 12.6. The molecule has 0 radical (unpaired) electrons. The summed E-state index contributed by atoms with van der Waals surface area (Å²) in [6.45, 7) is -1.19. The maximum atomic E-state index is 15.4. The third kappa shape index (κ3) is 6.66. The average molecular weight is 564 g/mol. The lowest BCUT2D eigenvalue weighted by molar-refractivity contribution is -0.185. The molecular formula is C22H26F3N3O9P+. The van der Waals surface area contributed by atoms with E-state index in [-0.39, 0.29) is 5.75 Å².